The summed E-state index contributed by atoms with van der Waals surface area (Å²) in [6.07, 6.45) is 7.84. The van der Waals surface area contributed by atoms with Crippen molar-refractivity contribution in [2.24, 2.45) is 0 Å². The number of benzene rings is 2. The SMILES string of the molecule is CC/C=C1\c2c(cccc2CC)C=C(CC)N1c1ccccc1. The van der Waals surface area contributed by atoms with Gasteiger partial charge in [-0.2, -0.15) is 0 Å². The first kappa shape index (κ1) is 15.6. The Kier molecular flexibility index (Phi) is 4.66. The zero-order valence-corrected chi connectivity index (χ0v) is 14.3. The molecule has 3 rings (SSSR count). The molecule has 0 amide bonds. The molecule has 2 aromatic carbocycles. The molecule has 1 heteroatoms. The van der Waals surface area contributed by atoms with Crippen LogP contribution >= 0.6 is 0 Å². The van der Waals surface area contributed by atoms with Crippen molar-refractivity contribution in [2.45, 2.75) is 40.0 Å². The van der Waals surface area contributed by atoms with Gasteiger partial charge in [-0.15, -0.1) is 0 Å². The van der Waals surface area contributed by atoms with Crippen LogP contribution in [-0.2, 0) is 6.42 Å². The lowest BCUT2D eigenvalue weighted by molar-refractivity contribution is 1.00. The first-order chi connectivity index (χ1) is 11.3. The standard InChI is InChI=1S/C22H25N/c1-4-11-21-22-17(5-2)12-10-13-18(22)16-19(6-3)23(21)20-14-8-7-9-15-20/h7-16H,4-6H2,1-3H3/b21-11+. The molecule has 1 heterocycles. The van der Waals surface area contributed by atoms with Crippen molar-refractivity contribution in [1.29, 1.82) is 0 Å². The van der Waals surface area contributed by atoms with Gasteiger partial charge in [0.2, 0.25) is 0 Å². The van der Waals surface area contributed by atoms with Gasteiger partial charge in [-0.05, 0) is 48.6 Å². The minimum atomic E-state index is 1.02. The monoisotopic (exact) mass is 303 g/mol. The van der Waals surface area contributed by atoms with Gasteiger partial charge < -0.3 is 4.90 Å². The van der Waals surface area contributed by atoms with Crippen LogP contribution in [0.4, 0.5) is 5.69 Å². The van der Waals surface area contributed by atoms with Gasteiger partial charge in [-0.3, -0.25) is 0 Å². The zero-order valence-electron chi connectivity index (χ0n) is 14.3. The molecule has 0 N–H and O–H groups in total. The van der Waals surface area contributed by atoms with Gasteiger partial charge in [0.1, 0.15) is 0 Å². The van der Waals surface area contributed by atoms with Gasteiger partial charge in [0.25, 0.3) is 0 Å². The third kappa shape index (κ3) is 2.84. The van der Waals surface area contributed by atoms with E-state index in [9.17, 15) is 0 Å². The second-order valence-electron chi connectivity index (χ2n) is 5.89. The van der Waals surface area contributed by atoms with Gasteiger partial charge in [-0.1, -0.05) is 63.2 Å². The summed E-state index contributed by atoms with van der Waals surface area (Å²) in [5, 5.41) is 0. The van der Waals surface area contributed by atoms with E-state index in [0.29, 0.717) is 0 Å². The molecular formula is C22H25N. The molecule has 0 atom stereocenters. The Morgan fingerprint density at radius 1 is 0.870 bits per heavy atom. The molecule has 0 bridgehead atoms. The molecule has 0 radical (unpaired) electrons. The van der Waals surface area contributed by atoms with Gasteiger partial charge in [-0.25, -0.2) is 0 Å². The summed E-state index contributed by atoms with van der Waals surface area (Å²) in [6.45, 7) is 6.69. The first-order valence-electron chi connectivity index (χ1n) is 8.68. The van der Waals surface area contributed by atoms with E-state index in [1.807, 2.05) is 0 Å². The van der Waals surface area contributed by atoms with E-state index in [1.165, 1.54) is 33.8 Å². The summed E-state index contributed by atoms with van der Waals surface area (Å²) in [4.78, 5) is 2.44. The van der Waals surface area contributed by atoms with Crippen LogP contribution in [0.1, 0.15) is 50.3 Å². The number of allylic oxidation sites excluding steroid dienone is 2. The van der Waals surface area contributed by atoms with E-state index in [-0.39, 0.29) is 0 Å². The van der Waals surface area contributed by atoms with E-state index >= 15 is 0 Å². The second kappa shape index (κ2) is 6.87. The topological polar surface area (TPSA) is 3.24 Å². The molecular weight excluding hydrogens is 278 g/mol. The molecule has 1 aliphatic rings. The van der Waals surface area contributed by atoms with Crippen molar-refractivity contribution < 1.29 is 0 Å². The lowest BCUT2D eigenvalue weighted by Crippen LogP contribution is -2.25. The van der Waals surface area contributed by atoms with Gasteiger partial charge >= 0.3 is 0 Å². The Hall–Kier alpha value is -2.28. The summed E-state index contributed by atoms with van der Waals surface area (Å²) in [6, 6.07) is 17.4. The van der Waals surface area contributed by atoms with Crippen LogP contribution in [0.25, 0.3) is 11.8 Å². The predicted octanol–water partition coefficient (Wildman–Crippen LogP) is 6.27. The average Bonchev–Trinajstić information content (AvgIpc) is 2.61. The Morgan fingerprint density at radius 2 is 1.65 bits per heavy atom. The van der Waals surface area contributed by atoms with E-state index in [1.54, 1.807) is 0 Å². The van der Waals surface area contributed by atoms with Crippen molar-refractivity contribution in [2.75, 3.05) is 4.90 Å². The molecule has 0 aromatic heterocycles. The van der Waals surface area contributed by atoms with Crippen LogP contribution in [0.3, 0.4) is 0 Å². The number of para-hydroxylation sites is 1. The van der Waals surface area contributed by atoms with Crippen LogP contribution in [0, 0.1) is 0 Å². The minimum absolute atomic E-state index is 1.02. The van der Waals surface area contributed by atoms with E-state index in [2.05, 4.69) is 86.4 Å². The third-order valence-corrected chi connectivity index (χ3v) is 4.44. The smallest absolute Gasteiger partial charge is 0.0499 e. The summed E-state index contributed by atoms with van der Waals surface area (Å²) in [5.41, 5.74) is 8.12. The first-order valence-corrected chi connectivity index (χ1v) is 8.68. The highest BCUT2D eigenvalue weighted by atomic mass is 15.2. The highest BCUT2D eigenvalue weighted by molar-refractivity contribution is 5.92. The molecule has 118 valence electrons. The molecule has 0 fully saturated rings. The number of fused-ring (bicyclic) bond motifs is 1. The molecule has 0 aliphatic carbocycles. The largest absolute Gasteiger partial charge is 0.314 e. The quantitative estimate of drug-likeness (QED) is 0.643. The lowest BCUT2D eigenvalue weighted by Gasteiger charge is -2.35. The van der Waals surface area contributed by atoms with Crippen molar-refractivity contribution in [3.05, 3.63) is 77.0 Å². The Labute approximate surface area is 140 Å². The molecule has 1 nitrogen and oxygen atoms in total. The zero-order chi connectivity index (χ0) is 16.2. The molecule has 23 heavy (non-hydrogen) atoms. The maximum atomic E-state index is 2.44. The van der Waals surface area contributed by atoms with Crippen molar-refractivity contribution in [1.82, 2.24) is 0 Å². The van der Waals surface area contributed by atoms with Crippen LogP contribution in [0.15, 0.2) is 60.3 Å². The minimum Gasteiger partial charge on any atom is -0.314 e. The van der Waals surface area contributed by atoms with Crippen molar-refractivity contribution >= 4 is 17.5 Å². The van der Waals surface area contributed by atoms with Crippen LogP contribution in [-0.4, -0.2) is 0 Å². The second-order valence-corrected chi connectivity index (χ2v) is 5.89. The fourth-order valence-electron chi connectivity index (χ4n) is 3.39. The van der Waals surface area contributed by atoms with Crippen LogP contribution < -0.4 is 4.90 Å². The Morgan fingerprint density at radius 3 is 2.30 bits per heavy atom. The maximum absolute atomic E-state index is 2.44. The number of nitrogens with zero attached hydrogens (tertiary/aromatic N) is 1. The number of anilines is 1. The summed E-state index contributed by atoms with van der Waals surface area (Å²) >= 11 is 0. The number of rotatable bonds is 4. The Balaban J connectivity index is 2.26. The summed E-state index contributed by atoms with van der Waals surface area (Å²) in [7, 11) is 0. The van der Waals surface area contributed by atoms with Crippen LogP contribution in [0.2, 0.25) is 0 Å². The van der Waals surface area contributed by atoms with Crippen molar-refractivity contribution in [3.63, 3.8) is 0 Å². The number of aryl methyl sites for hydroxylation is 1. The average molecular weight is 303 g/mol. The maximum Gasteiger partial charge on any atom is 0.0499 e. The molecule has 0 unspecified atom stereocenters. The highest BCUT2D eigenvalue weighted by Crippen LogP contribution is 2.40. The number of hydrogen-bond donors (Lipinski definition) is 0. The van der Waals surface area contributed by atoms with Crippen molar-refractivity contribution in [3.8, 4) is 0 Å². The van der Waals surface area contributed by atoms with Gasteiger partial charge in [0.15, 0.2) is 0 Å². The molecule has 0 spiro atoms. The van der Waals surface area contributed by atoms with Gasteiger partial charge in [0, 0.05) is 22.6 Å². The molecule has 2 aromatic rings. The van der Waals surface area contributed by atoms with Gasteiger partial charge in [0.05, 0.1) is 0 Å². The summed E-state index contributed by atoms with van der Waals surface area (Å²) < 4.78 is 0. The van der Waals surface area contributed by atoms with Crippen LogP contribution in [0.5, 0.6) is 0 Å². The number of hydrogen-bond acceptors (Lipinski definition) is 1. The van der Waals surface area contributed by atoms with E-state index in [0.717, 1.165) is 19.3 Å². The predicted molar refractivity (Wildman–Crippen MR) is 101 cm³/mol. The fourth-order valence-corrected chi connectivity index (χ4v) is 3.39. The molecule has 0 saturated carbocycles. The van der Waals surface area contributed by atoms with E-state index in [4.69, 9.17) is 0 Å². The third-order valence-electron chi connectivity index (χ3n) is 4.44. The molecule has 0 saturated heterocycles. The molecule has 1 aliphatic heterocycles. The fraction of sp³-hybridized carbons (Fsp3) is 0.273. The Bertz CT molecular complexity index is 738. The normalized spacial score (nSPS) is 15.5. The lowest BCUT2D eigenvalue weighted by atomic mass is 9.90. The highest BCUT2D eigenvalue weighted by Gasteiger charge is 2.25. The van der Waals surface area contributed by atoms with E-state index < -0.39 is 0 Å². The summed E-state index contributed by atoms with van der Waals surface area (Å²) in [5.74, 6) is 0.